The Bertz CT molecular complexity index is 580. The van der Waals surface area contributed by atoms with E-state index in [1.807, 2.05) is 6.92 Å². The first-order valence-corrected chi connectivity index (χ1v) is 12.6. The average molecular weight is 417 g/mol. The molecule has 0 unspecified atom stereocenters. The van der Waals surface area contributed by atoms with Crippen molar-refractivity contribution >= 4 is 16.0 Å². The minimum Gasteiger partial charge on any atom is -0.373 e. The lowest BCUT2D eigenvalue weighted by molar-refractivity contribution is -0.0657. The van der Waals surface area contributed by atoms with Gasteiger partial charge in [-0.3, -0.25) is 4.99 Å². The van der Waals surface area contributed by atoms with Crippen molar-refractivity contribution in [1.29, 1.82) is 0 Å². The summed E-state index contributed by atoms with van der Waals surface area (Å²) >= 11 is 0. The highest BCUT2D eigenvalue weighted by Crippen LogP contribution is 2.31. The maximum absolute atomic E-state index is 12.2. The summed E-state index contributed by atoms with van der Waals surface area (Å²) in [5.74, 6) is 1.04. The number of nitrogens with zero attached hydrogens (tertiary/aromatic N) is 2. The molecule has 164 valence electrons. The van der Waals surface area contributed by atoms with Crippen LogP contribution in [-0.4, -0.2) is 69.4 Å². The van der Waals surface area contributed by atoms with Crippen LogP contribution in [0.5, 0.6) is 0 Å². The molecule has 2 rings (SSSR count). The summed E-state index contributed by atoms with van der Waals surface area (Å²) in [6, 6.07) is 0.248. The third-order valence-electron chi connectivity index (χ3n) is 5.83. The number of nitrogens with one attached hydrogen (secondary N) is 2. The standard InChI is InChI=1S/C20H40N4O3S/c1-4-15-27-20(11-7-6-8-12-20)17-22-19(21-3)23-18-9-13-24(14-10-18)28(25,26)16-5-2/h18H,4-17H2,1-3H3,(H2,21,22,23). The van der Waals surface area contributed by atoms with Crippen LogP contribution in [0.3, 0.4) is 0 Å². The van der Waals surface area contributed by atoms with Crippen molar-refractivity contribution < 1.29 is 13.2 Å². The number of hydrogen-bond donors (Lipinski definition) is 2. The number of guanidine groups is 1. The Morgan fingerprint density at radius 3 is 2.39 bits per heavy atom. The van der Waals surface area contributed by atoms with Crippen molar-refractivity contribution in [1.82, 2.24) is 14.9 Å². The van der Waals surface area contributed by atoms with Gasteiger partial charge in [-0.05, 0) is 38.5 Å². The van der Waals surface area contributed by atoms with Crippen LogP contribution >= 0.6 is 0 Å². The Balaban J connectivity index is 1.83. The van der Waals surface area contributed by atoms with E-state index >= 15 is 0 Å². The second kappa shape index (κ2) is 11.4. The zero-order chi connectivity index (χ0) is 20.5. The maximum atomic E-state index is 12.2. The van der Waals surface area contributed by atoms with Crippen LogP contribution in [0, 0.1) is 0 Å². The van der Waals surface area contributed by atoms with E-state index in [1.54, 1.807) is 11.4 Å². The molecule has 1 saturated heterocycles. The first kappa shape index (κ1) is 23.4. The minimum absolute atomic E-state index is 0.0799. The third-order valence-corrected chi connectivity index (χ3v) is 7.91. The van der Waals surface area contributed by atoms with E-state index < -0.39 is 10.0 Å². The van der Waals surface area contributed by atoms with Gasteiger partial charge in [0, 0.05) is 39.3 Å². The van der Waals surface area contributed by atoms with Crippen molar-refractivity contribution in [3.63, 3.8) is 0 Å². The van der Waals surface area contributed by atoms with Crippen molar-refractivity contribution in [2.45, 2.75) is 83.3 Å². The second-order valence-corrected chi connectivity index (χ2v) is 10.2. The van der Waals surface area contributed by atoms with Gasteiger partial charge in [-0.25, -0.2) is 12.7 Å². The Hall–Kier alpha value is -0.860. The minimum atomic E-state index is -3.09. The molecule has 0 aromatic carbocycles. The summed E-state index contributed by atoms with van der Waals surface area (Å²) in [5.41, 5.74) is -0.0799. The summed E-state index contributed by atoms with van der Waals surface area (Å²) in [4.78, 5) is 4.38. The molecular formula is C20H40N4O3S. The van der Waals surface area contributed by atoms with E-state index in [0.29, 0.717) is 19.5 Å². The highest BCUT2D eigenvalue weighted by Gasteiger charge is 2.33. The lowest BCUT2D eigenvalue weighted by Gasteiger charge is -2.38. The summed E-state index contributed by atoms with van der Waals surface area (Å²) in [6.07, 6.45) is 9.26. The molecule has 2 N–H and O–H groups in total. The normalized spacial score (nSPS) is 22.2. The van der Waals surface area contributed by atoms with Gasteiger partial charge in [0.15, 0.2) is 5.96 Å². The molecule has 0 bridgehead atoms. The van der Waals surface area contributed by atoms with Crippen LogP contribution in [-0.2, 0) is 14.8 Å². The smallest absolute Gasteiger partial charge is 0.214 e. The molecule has 0 radical (unpaired) electrons. The van der Waals surface area contributed by atoms with Gasteiger partial charge < -0.3 is 15.4 Å². The Morgan fingerprint density at radius 1 is 1.14 bits per heavy atom. The Kier molecular flexibility index (Phi) is 9.50. The van der Waals surface area contributed by atoms with Crippen molar-refractivity contribution in [2.75, 3.05) is 39.0 Å². The summed E-state index contributed by atoms with van der Waals surface area (Å²) in [7, 11) is -1.30. The number of piperidine rings is 1. The Labute approximate surface area is 171 Å². The quantitative estimate of drug-likeness (QED) is 0.446. The fourth-order valence-electron chi connectivity index (χ4n) is 4.18. The third kappa shape index (κ3) is 6.88. The van der Waals surface area contributed by atoms with Crippen LogP contribution in [0.2, 0.25) is 0 Å². The van der Waals surface area contributed by atoms with E-state index in [9.17, 15) is 8.42 Å². The predicted molar refractivity (Wildman–Crippen MR) is 115 cm³/mol. The number of rotatable bonds is 9. The molecule has 0 aromatic heterocycles. The second-order valence-electron chi connectivity index (χ2n) is 8.15. The van der Waals surface area contributed by atoms with E-state index in [0.717, 1.165) is 51.2 Å². The Morgan fingerprint density at radius 2 is 1.82 bits per heavy atom. The fraction of sp³-hybridized carbons (Fsp3) is 0.950. The van der Waals surface area contributed by atoms with Crippen LogP contribution in [0.4, 0.5) is 0 Å². The number of hydrogen-bond acceptors (Lipinski definition) is 4. The topological polar surface area (TPSA) is 83.0 Å². The van der Waals surface area contributed by atoms with Gasteiger partial charge >= 0.3 is 0 Å². The molecular weight excluding hydrogens is 376 g/mol. The highest BCUT2D eigenvalue weighted by molar-refractivity contribution is 7.89. The first-order chi connectivity index (χ1) is 13.4. The molecule has 8 heteroatoms. The molecule has 28 heavy (non-hydrogen) atoms. The largest absolute Gasteiger partial charge is 0.373 e. The lowest BCUT2D eigenvalue weighted by atomic mass is 9.84. The van der Waals surface area contributed by atoms with Gasteiger partial charge in [-0.2, -0.15) is 0 Å². The van der Waals surface area contributed by atoms with Gasteiger partial charge in [0.1, 0.15) is 0 Å². The molecule has 0 spiro atoms. The maximum Gasteiger partial charge on any atom is 0.214 e. The summed E-state index contributed by atoms with van der Waals surface area (Å²) in [6.45, 7) is 6.80. The molecule has 1 aliphatic heterocycles. The van der Waals surface area contributed by atoms with Crippen molar-refractivity contribution in [3.8, 4) is 0 Å². The summed E-state index contributed by atoms with van der Waals surface area (Å²) < 4.78 is 32.4. The molecule has 1 saturated carbocycles. The molecule has 7 nitrogen and oxygen atoms in total. The van der Waals surface area contributed by atoms with Crippen molar-refractivity contribution in [2.24, 2.45) is 4.99 Å². The van der Waals surface area contributed by atoms with Gasteiger partial charge in [-0.1, -0.05) is 33.1 Å². The fourth-order valence-corrected chi connectivity index (χ4v) is 5.73. The molecule has 2 aliphatic rings. The molecule has 1 heterocycles. The zero-order valence-corrected chi connectivity index (χ0v) is 18.8. The highest BCUT2D eigenvalue weighted by atomic mass is 32.2. The molecule has 0 atom stereocenters. The van der Waals surface area contributed by atoms with Crippen LogP contribution in [0.25, 0.3) is 0 Å². The molecule has 0 amide bonds. The number of aliphatic imine (C=N–C) groups is 1. The first-order valence-electron chi connectivity index (χ1n) is 11.0. The molecule has 1 aliphatic carbocycles. The van der Waals surface area contributed by atoms with Gasteiger partial charge in [0.25, 0.3) is 0 Å². The molecule has 2 fully saturated rings. The zero-order valence-electron chi connectivity index (χ0n) is 18.0. The van der Waals surface area contributed by atoms with Crippen LogP contribution in [0.1, 0.15) is 71.6 Å². The van der Waals surface area contributed by atoms with Gasteiger partial charge in [0.05, 0.1) is 11.4 Å². The lowest BCUT2D eigenvalue weighted by Crippen LogP contribution is -2.53. The van der Waals surface area contributed by atoms with Crippen LogP contribution < -0.4 is 10.6 Å². The summed E-state index contributed by atoms with van der Waals surface area (Å²) in [5, 5.41) is 6.96. The average Bonchev–Trinajstić information content (AvgIpc) is 2.71. The van der Waals surface area contributed by atoms with E-state index in [1.165, 1.54) is 19.3 Å². The van der Waals surface area contributed by atoms with Crippen LogP contribution in [0.15, 0.2) is 4.99 Å². The number of ether oxygens (including phenoxy) is 1. The number of sulfonamides is 1. The molecule has 0 aromatic rings. The van der Waals surface area contributed by atoms with E-state index in [4.69, 9.17) is 4.74 Å². The van der Waals surface area contributed by atoms with E-state index in [2.05, 4.69) is 22.5 Å². The van der Waals surface area contributed by atoms with Gasteiger partial charge in [-0.15, -0.1) is 0 Å². The predicted octanol–water partition coefficient (Wildman–Crippen LogP) is 2.49. The monoisotopic (exact) mass is 416 g/mol. The van der Waals surface area contributed by atoms with E-state index in [-0.39, 0.29) is 17.4 Å². The van der Waals surface area contributed by atoms with Crippen molar-refractivity contribution in [3.05, 3.63) is 0 Å². The SMILES string of the molecule is CCCOC1(CNC(=NC)NC2CCN(S(=O)(=O)CCC)CC2)CCCCC1. The van der Waals surface area contributed by atoms with Gasteiger partial charge in [0.2, 0.25) is 10.0 Å².